The van der Waals surface area contributed by atoms with Gasteiger partial charge in [0.05, 0.1) is 5.02 Å². The summed E-state index contributed by atoms with van der Waals surface area (Å²) in [5.74, 6) is 0.0572. The maximum atomic E-state index is 13.0. The van der Waals surface area contributed by atoms with Crippen molar-refractivity contribution in [2.24, 2.45) is 11.7 Å². The average Bonchev–Trinajstić information content (AvgIpc) is 3.03. The van der Waals surface area contributed by atoms with Crippen molar-refractivity contribution in [3.63, 3.8) is 0 Å². The van der Waals surface area contributed by atoms with Gasteiger partial charge in [-0.2, -0.15) is 4.31 Å². The molecular formula is C16H20Cl2N4O2S. The van der Waals surface area contributed by atoms with Gasteiger partial charge in [0.15, 0.2) is 0 Å². The van der Waals surface area contributed by atoms with Crippen LogP contribution in [0.3, 0.4) is 0 Å². The van der Waals surface area contributed by atoms with Crippen molar-refractivity contribution in [2.45, 2.75) is 10.8 Å². The first-order chi connectivity index (χ1) is 11.4. The van der Waals surface area contributed by atoms with E-state index in [1.54, 1.807) is 0 Å². The highest BCUT2D eigenvalue weighted by Gasteiger charge is 2.40. The molecule has 0 unspecified atom stereocenters. The van der Waals surface area contributed by atoms with E-state index in [4.69, 9.17) is 23.1 Å². The quantitative estimate of drug-likeness (QED) is 0.814. The van der Waals surface area contributed by atoms with Crippen LogP contribution in [0.4, 0.5) is 5.82 Å². The molecule has 2 heterocycles. The Morgan fingerprint density at radius 1 is 1.24 bits per heavy atom. The smallest absolute Gasteiger partial charge is 0.246 e. The summed E-state index contributed by atoms with van der Waals surface area (Å²) < 4.78 is 27.3. The lowest BCUT2D eigenvalue weighted by Gasteiger charge is -2.17. The van der Waals surface area contributed by atoms with Crippen molar-refractivity contribution < 1.29 is 8.42 Å². The summed E-state index contributed by atoms with van der Waals surface area (Å²) in [6.45, 7) is 1.12. The van der Waals surface area contributed by atoms with Gasteiger partial charge in [-0.05, 0) is 24.1 Å². The molecular weight excluding hydrogens is 383 g/mol. The van der Waals surface area contributed by atoms with E-state index >= 15 is 0 Å². The van der Waals surface area contributed by atoms with Crippen LogP contribution in [0.1, 0.15) is 11.5 Å². The first kappa shape index (κ1) is 19.9. The molecule has 1 aromatic heterocycles. The summed E-state index contributed by atoms with van der Waals surface area (Å²) in [4.78, 5) is 3.79. The Kier molecular flexibility index (Phi) is 6.29. The number of rotatable bonds is 4. The monoisotopic (exact) mass is 402 g/mol. The highest BCUT2D eigenvalue weighted by Crippen LogP contribution is 2.36. The number of benzene rings is 1. The van der Waals surface area contributed by atoms with Crippen LogP contribution in [0.2, 0.25) is 5.02 Å². The molecule has 9 heteroatoms. The Morgan fingerprint density at radius 3 is 2.56 bits per heavy atom. The number of nitrogens with zero attached hydrogens (tertiary/aromatic N) is 2. The predicted octanol–water partition coefficient (Wildman–Crippen LogP) is 2.10. The van der Waals surface area contributed by atoms with Gasteiger partial charge in [-0.15, -0.1) is 12.4 Å². The molecule has 25 heavy (non-hydrogen) atoms. The molecule has 1 saturated heterocycles. The minimum absolute atomic E-state index is 0. The second-order valence-corrected chi connectivity index (χ2v) is 8.21. The molecule has 6 nitrogen and oxygen atoms in total. The molecule has 0 bridgehead atoms. The van der Waals surface area contributed by atoms with E-state index in [-0.39, 0.29) is 40.0 Å². The molecule has 1 aliphatic heterocycles. The van der Waals surface area contributed by atoms with E-state index in [2.05, 4.69) is 4.98 Å². The SMILES string of the molecule is Cl.NC[C@@H]1CN(S(=O)(=O)c2cc(Cl)cnc2N)C[C@H]1c1ccccc1. The molecule has 2 aromatic rings. The third-order valence-corrected chi connectivity index (χ3v) is 6.47. The van der Waals surface area contributed by atoms with Gasteiger partial charge in [0.2, 0.25) is 10.0 Å². The number of hydrogen-bond donors (Lipinski definition) is 2. The molecule has 1 fully saturated rings. The highest BCUT2D eigenvalue weighted by molar-refractivity contribution is 7.89. The van der Waals surface area contributed by atoms with Crippen LogP contribution in [0.15, 0.2) is 47.5 Å². The van der Waals surface area contributed by atoms with Crippen molar-refractivity contribution in [3.05, 3.63) is 53.2 Å². The molecule has 4 N–H and O–H groups in total. The molecule has 1 aliphatic rings. The van der Waals surface area contributed by atoms with E-state index < -0.39 is 10.0 Å². The first-order valence-corrected chi connectivity index (χ1v) is 9.41. The van der Waals surface area contributed by atoms with E-state index in [9.17, 15) is 8.42 Å². The number of nitrogen functional groups attached to an aromatic ring is 1. The van der Waals surface area contributed by atoms with Crippen molar-refractivity contribution in [2.75, 3.05) is 25.4 Å². The Hall–Kier alpha value is -1.38. The van der Waals surface area contributed by atoms with Crippen molar-refractivity contribution in [1.29, 1.82) is 0 Å². The summed E-state index contributed by atoms with van der Waals surface area (Å²) in [5, 5.41) is 0.233. The Balaban J connectivity index is 0.00000225. The van der Waals surface area contributed by atoms with E-state index in [1.165, 1.54) is 16.6 Å². The number of halogens is 2. The summed E-state index contributed by atoms with van der Waals surface area (Å²) in [7, 11) is -3.77. The molecule has 1 aromatic carbocycles. The molecule has 3 rings (SSSR count). The summed E-state index contributed by atoms with van der Waals surface area (Å²) in [5.41, 5.74) is 12.7. The third kappa shape index (κ3) is 3.91. The fourth-order valence-corrected chi connectivity index (χ4v) is 4.96. The zero-order valence-corrected chi connectivity index (χ0v) is 15.8. The lowest BCUT2D eigenvalue weighted by molar-refractivity contribution is 0.459. The zero-order valence-electron chi connectivity index (χ0n) is 13.4. The van der Waals surface area contributed by atoms with Gasteiger partial charge in [0.1, 0.15) is 10.7 Å². The molecule has 0 radical (unpaired) electrons. The number of pyridine rings is 1. The fraction of sp³-hybridized carbons (Fsp3) is 0.312. The summed E-state index contributed by atoms with van der Waals surface area (Å²) in [6.07, 6.45) is 1.33. The standard InChI is InChI=1S/C16H19ClN4O2S.ClH/c17-13-6-15(16(19)20-8-13)24(22,23)21-9-12(7-18)14(10-21)11-4-2-1-3-5-11;/h1-6,8,12,14H,7,9-10,18H2,(H2,19,20);1H/t12-,14+;/m1./s1. The third-order valence-electron chi connectivity index (χ3n) is 4.40. The van der Waals surface area contributed by atoms with Gasteiger partial charge < -0.3 is 11.5 Å². The van der Waals surface area contributed by atoms with Gasteiger partial charge in [-0.3, -0.25) is 0 Å². The Bertz CT molecular complexity index is 833. The molecule has 0 aliphatic carbocycles. The van der Waals surface area contributed by atoms with Gasteiger partial charge in [-0.1, -0.05) is 41.9 Å². The number of aromatic nitrogens is 1. The van der Waals surface area contributed by atoms with Crippen molar-refractivity contribution >= 4 is 39.8 Å². The van der Waals surface area contributed by atoms with Crippen LogP contribution in [-0.2, 0) is 10.0 Å². The minimum atomic E-state index is -3.77. The lowest BCUT2D eigenvalue weighted by Crippen LogP contribution is -2.30. The number of nitrogens with two attached hydrogens (primary N) is 2. The van der Waals surface area contributed by atoms with Crippen LogP contribution in [0.5, 0.6) is 0 Å². The van der Waals surface area contributed by atoms with Crippen LogP contribution >= 0.6 is 24.0 Å². The van der Waals surface area contributed by atoms with Gasteiger partial charge >= 0.3 is 0 Å². The average molecular weight is 403 g/mol. The molecule has 0 spiro atoms. The van der Waals surface area contributed by atoms with Gasteiger partial charge in [0.25, 0.3) is 0 Å². The zero-order chi connectivity index (χ0) is 17.3. The molecule has 2 atom stereocenters. The number of sulfonamides is 1. The second-order valence-electron chi connectivity index (χ2n) is 5.87. The normalized spacial score (nSPS) is 21.0. The van der Waals surface area contributed by atoms with E-state index in [0.717, 1.165) is 5.56 Å². The second kappa shape index (κ2) is 7.88. The maximum Gasteiger partial charge on any atom is 0.246 e. The van der Waals surface area contributed by atoms with Crippen molar-refractivity contribution in [3.8, 4) is 0 Å². The molecule has 0 amide bonds. The maximum absolute atomic E-state index is 13.0. The van der Waals surface area contributed by atoms with Crippen LogP contribution < -0.4 is 11.5 Å². The minimum Gasteiger partial charge on any atom is -0.383 e. The van der Waals surface area contributed by atoms with Crippen LogP contribution in [0, 0.1) is 5.92 Å². The molecule has 0 saturated carbocycles. The fourth-order valence-electron chi connectivity index (χ4n) is 3.12. The largest absolute Gasteiger partial charge is 0.383 e. The number of anilines is 1. The highest BCUT2D eigenvalue weighted by atomic mass is 35.5. The van der Waals surface area contributed by atoms with Gasteiger partial charge in [-0.25, -0.2) is 13.4 Å². The van der Waals surface area contributed by atoms with Crippen LogP contribution in [0.25, 0.3) is 0 Å². The first-order valence-electron chi connectivity index (χ1n) is 7.59. The molecule has 136 valence electrons. The predicted molar refractivity (Wildman–Crippen MR) is 101 cm³/mol. The Morgan fingerprint density at radius 2 is 1.92 bits per heavy atom. The summed E-state index contributed by atoms with van der Waals surface area (Å²) >= 11 is 5.89. The van der Waals surface area contributed by atoms with Gasteiger partial charge in [0, 0.05) is 25.2 Å². The Labute approximate surface area is 158 Å². The van der Waals surface area contributed by atoms with Crippen molar-refractivity contribution in [1.82, 2.24) is 9.29 Å². The lowest BCUT2D eigenvalue weighted by atomic mass is 9.89. The van der Waals surface area contributed by atoms with Crippen LogP contribution in [-0.4, -0.2) is 37.3 Å². The summed E-state index contributed by atoms with van der Waals surface area (Å²) in [6, 6.07) is 11.2. The number of hydrogen-bond acceptors (Lipinski definition) is 5. The van der Waals surface area contributed by atoms with E-state index in [1.807, 2.05) is 30.3 Å². The topological polar surface area (TPSA) is 102 Å². The van der Waals surface area contributed by atoms with E-state index in [0.29, 0.717) is 19.6 Å².